The molecule has 0 bridgehead atoms. The van der Waals surface area contributed by atoms with E-state index < -0.39 is 5.97 Å². The van der Waals surface area contributed by atoms with Crippen LogP contribution >= 0.6 is 32.9 Å². The molecule has 0 atom stereocenters. The van der Waals surface area contributed by atoms with Crippen molar-refractivity contribution in [3.63, 3.8) is 0 Å². The number of carbonyl (C=O) groups is 1. The van der Waals surface area contributed by atoms with E-state index in [4.69, 9.17) is 5.11 Å². The van der Waals surface area contributed by atoms with Gasteiger partial charge in [-0.1, -0.05) is 28.5 Å². The Morgan fingerprint density at radius 1 is 1.75 bits per heavy atom. The molecule has 1 aromatic rings. The third kappa shape index (κ3) is 2.43. The van der Waals surface area contributed by atoms with Gasteiger partial charge in [0.1, 0.15) is 4.88 Å². The molecule has 0 aliphatic rings. The number of rotatable bonds is 4. The van der Waals surface area contributed by atoms with Gasteiger partial charge in [0.15, 0.2) is 0 Å². The molecule has 12 heavy (non-hydrogen) atoms. The quantitative estimate of drug-likeness (QED) is 0.791. The van der Waals surface area contributed by atoms with Crippen LogP contribution in [-0.2, 0) is 0 Å². The van der Waals surface area contributed by atoms with Crippen molar-refractivity contribution in [2.75, 3.05) is 5.75 Å². The lowest BCUT2D eigenvalue weighted by atomic mass is 10.5. The Morgan fingerprint density at radius 3 is 3.08 bits per heavy atom. The zero-order valence-electron chi connectivity index (χ0n) is 6.44. The van der Waals surface area contributed by atoms with Gasteiger partial charge in [0.05, 0.1) is 0 Å². The van der Waals surface area contributed by atoms with Crippen LogP contribution in [0.2, 0.25) is 0 Å². The minimum absolute atomic E-state index is 0.445. The molecule has 0 saturated carbocycles. The summed E-state index contributed by atoms with van der Waals surface area (Å²) in [5.74, 6) is 0.156. The topological polar surface area (TPSA) is 37.3 Å². The second-order valence-electron chi connectivity index (χ2n) is 1.91. The summed E-state index contributed by atoms with van der Waals surface area (Å²) in [5.41, 5.74) is 0. The molecule has 66 valence electrons. The number of hydrogen-bond donors (Lipinski definition) is 1. The van der Waals surface area contributed by atoms with Gasteiger partial charge in [-0.25, -0.2) is 4.79 Å². The van der Waals surface area contributed by atoms with Gasteiger partial charge < -0.3 is 5.11 Å². The number of carboxylic acids is 1. The monoisotopic (exact) mass is 220 g/mol. The molecule has 0 fully saturated rings. The van der Waals surface area contributed by atoms with E-state index in [0.29, 0.717) is 4.88 Å². The van der Waals surface area contributed by atoms with Crippen molar-refractivity contribution >= 4 is 38.9 Å². The Balaban J connectivity index is 2.70. The zero-order valence-corrected chi connectivity index (χ0v) is 8.89. The number of carboxylic acid groups (broad SMARTS) is 1. The Kier molecular flexibility index (Phi) is 3.97. The lowest BCUT2D eigenvalue weighted by molar-refractivity contribution is 0.0699. The average molecular weight is 220 g/mol. The van der Waals surface area contributed by atoms with E-state index >= 15 is 0 Å². The van der Waals surface area contributed by atoms with Gasteiger partial charge in [-0.3, -0.25) is 0 Å². The summed E-state index contributed by atoms with van der Waals surface area (Å²) in [5, 5.41) is 10.5. The molecule has 0 radical (unpaired) electrons. The van der Waals surface area contributed by atoms with Gasteiger partial charge in [0, 0.05) is 10.6 Å². The first kappa shape index (κ1) is 9.95. The van der Waals surface area contributed by atoms with Crippen molar-refractivity contribution in [3.05, 3.63) is 16.3 Å². The molecular formula is C7H8O2S3. The first-order valence-electron chi connectivity index (χ1n) is 3.36. The Labute approximate surface area is 82.8 Å². The SMILES string of the molecule is CCSSc1ccsc1C(=O)O. The number of thiophene rings is 1. The zero-order chi connectivity index (χ0) is 8.97. The largest absolute Gasteiger partial charge is 0.477 e. The Hall–Kier alpha value is -0.130. The van der Waals surface area contributed by atoms with Crippen LogP contribution in [0.5, 0.6) is 0 Å². The normalized spacial score (nSPS) is 10.1. The third-order valence-electron chi connectivity index (χ3n) is 1.09. The highest BCUT2D eigenvalue weighted by Gasteiger charge is 2.11. The van der Waals surface area contributed by atoms with E-state index in [0.717, 1.165) is 10.6 Å². The lowest BCUT2D eigenvalue weighted by Crippen LogP contribution is -1.92. The van der Waals surface area contributed by atoms with E-state index in [2.05, 4.69) is 0 Å². The minimum Gasteiger partial charge on any atom is -0.477 e. The fraction of sp³-hybridized carbons (Fsp3) is 0.286. The predicted molar refractivity (Wildman–Crippen MR) is 55.3 cm³/mol. The van der Waals surface area contributed by atoms with Crippen LogP contribution in [0, 0.1) is 0 Å². The van der Waals surface area contributed by atoms with E-state index in [-0.39, 0.29) is 0 Å². The summed E-state index contributed by atoms with van der Waals surface area (Å²) in [6.45, 7) is 2.05. The van der Waals surface area contributed by atoms with E-state index in [9.17, 15) is 4.79 Å². The second-order valence-corrected chi connectivity index (χ2v) is 5.45. The van der Waals surface area contributed by atoms with Gasteiger partial charge in [0.25, 0.3) is 0 Å². The predicted octanol–water partition coefficient (Wildman–Crippen LogP) is 3.21. The summed E-state index contributed by atoms with van der Waals surface area (Å²) in [7, 11) is 3.19. The van der Waals surface area contributed by atoms with Crippen LogP contribution in [-0.4, -0.2) is 16.8 Å². The lowest BCUT2D eigenvalue weighted by Gasteiger charge is -1.95. The van der Waals surface area contributed by atoms with Gasteiger partial charge >= 0.3 is 5.97 Å². The summed E-state index contributed by atoms with van der Waals surface area (Å²) >= 11 is 1.27. The molecule has 1 rings (SSSR count). The standard InChI is InChI=1S/C7H8O2S3/c1-2-11-12-5-3-4-10-6(5)7(8)9/h3-4H,2H2,1H3,(H,8,9). The van der Waals surface area contributed by atoms with E-state index in [1.807, 2.05) is 18.4 Å². The average Bonchev–Trinajstić information content (AvgIpc) is 2.48. The first-order chi connectivity index (χ1) is 5.75. The molecule has 0 unspecified atom stereocenters. The van der Waals surface area contributed by atoms with Crippen molar-refractivity contribution in [1.29, 1.82) is 0 Å². The van der Waals surface area contributed by atoms with Crippen LogP contribution in [0.25, 0.3) is 0 Å². The first-order valence-corrected chi connectivity index (χ1v) is 6.55. The molecule has 1 N–H and O–H groups in total. The Morgan fingerprint density at radius 2 is 2.50 bits per heavy atom. The van der Waals surface area contributed by atoms with Crippen molar-refractivity contribution in [2.45, 2.75) is 11.8 Å². The highest BCUT2D eigenvalue weighted by Crippen LogP contribution is 2.35. The molecule has 0 spiro atoms. The molecule has 1 aromatic heterocycles. The maximum Gasteiger partial charge on any atom is 0.347 e. The molecule has 0 saturated heterocycles. The van der Waals surface area contributed by atoms with E-state index in [1.165, 1.54) is 22.1 Å². The van der Waals surface area contributed by atoms with Crippen LogP contribution in [0.1, 0.15) is 16.6 Å². The van der Waals surface area contributed by atoms with Crippen LogP contribution < -0.4 is 0 Å². The molecule has 2 nitrogen and oxygen atoms in total. The minimum atomic E-state index is -0.829. The highest BCUT2D eigenvalue weighted by molar-refractivity contribution is 8.76. The van der Waals surface area contributed by atoms with E-state index in [1.54, 1.807) is 10.8 Å². The van der Waals surface area contributed by atoms with Crippen LogP contribution in [0.3, 0.4) is 0 Å². The maximum atomic E-state index is 10.6. The van der Waals surface area contributed by atoms with Crippen molar-refractivity contribution in [1.82, 2.24) is 0 Å². The molecule has 0 aromatic carbocycles. The van der Waals surface area contributed by atoms with Crippen LogP contribution in [0.15, 0.2) is 16.3 Å². The number of aromatic carboxylic acids is 1. The maximum absolute atomic E-state index is 10.6. The molecule has 0 aliphatic heterocycles. The van der Waals surface area contributed by atoms with Gasteiger partial charge in [0.2, 0.25) is 0 Å². The molecular weight excluding hydrogens is 212 g/mol. The van der Waals surface area contributed by atoms with Gasteiger partial charge in [-0.05, 0) is 11.4 Å². The second kappa shape index (κ2) is 4.79. The summed E-state index contributed by atoms with van der Waals surface area (Å²) < 4.78 is 0. The fourth-order valence-corrected chi connectivity index (χ4v) is 3.46. The fourth-order valence-electron chi connectivity index (χ4n) is 0.641. The van der Waals surface area contributed by atoms with Crippen molar-refractivity contribution < 1.29 is 9.90 Å². The molecule has 0 amide bonds. The smallest absolute Gasteiger partial charge is 0.347 e. The van der Waals surface area contributed by atoms with Gasteiger partial charge in [-0.15, -0.1) is 11.3 Å². The van der Waals surface area contributed by atoms with Crippen molar-refractivity contribution in [2.24, 2.45) is 0 Å². The summed E-state index contributed by atoms with van der Waals surface area (Å²) in [6.07, 6.45) is 0. The van der Waals surface area contributed by atoms with Gasteiger partial charge in [-0.2, -0.15) is 0 Å². The van der Waals surface area contributed by atoms with Crippen molar-refractivity contribution in [3.8, 4) is 0 Å². The van der Waals surface area contributed by atoms with Crippen LogP contribution in [0.4, 0.5) is 0 Å². The summed E-state index contributed by atoms with van der Waals surface area (Å²) in [4.78, 5) is 11.9. The molecule has 5 heteroatoms. The molecule has 1 heterocycles. The number of hydrogen-bond acceptors (Lipinski definition) is 4. The Bertz CT molecular complexity index is 269. The summed E-state index contributed by atoms with van der Waals surface area (Å²) in [6, 6.07) is 1.85. The highest BCUT2D eigenvalue weighted by atomic mass is 33.1. The third-order valence-corrected chi connectivity index (χ3v) is 4.59. The molecule has 0 aliphatic carbocycles.